The molecule has 0 spiro atoms. The number of carboxylic acids is 1. The van der Waals surface area contributed by atoms with Gasteiger partial charge in [0.1, 0.15) is 0 Å². The van der Waals surface area contributed by atoms with E-state index in [4.69, 9.17) is 5.11 Å². The Morgan fingerprint density at radius 2 is 2.05 bits per heavy atom. The third-order valence-corrected chi connectivity index (χ3v) is 4.47. The van der Waals surface area contributed by atoms with Gasteiger partial charge in [-0.1, -0.05) is 18.2 Å². The lowest BCUT2D eigenvalue weighted by molar-refractivity contribution is -0.117. The highest BCUT2D eigenvalue weighted by atomic mass is 32.2. The molecule has 1 amide bonds. The Bertz CT molecular complexity index is 718. The van der Waals surface area contributed by atoms with E-state index in [2.05, 4.69) is 10.3 Å². The number of anilines is 1. The van der Waals surface area contributed by atoms with Crippen LogP contribution < -0.4 is 5.32 Å². The van der Waals surface area contributed by atoms with Gasteiger partial charge in [0.05, 0.1) is 11.6 Å². The highest BCUT2D eigenvalue weighted by molar-refractivity contribution is 7.99. The van der Waals surface area contributed by atoms with E-state index in [0.29, 0.717) is 5.75 Å². The predicted molar refractivity (Wildman–Crippen MR) is 79.7 cm³/mol. The molecule has 106 valence electrons. The first kappa shape index (κ1) is 13.6. The summed E-state index contributed by atoms with van der Waals surface area (Å²) in [6, 6.07) is 10.9. The Morgan fingerprint density at radius 1 is 1.24 bits per heavy atom. The average molecular weight is 300 g/mol. The van der Waals surface area contributed by atoms with Crippen LogP contribution in [-0.4, -0.2) is 27.7 Å². The zero-order valence-corrected chi connectivity index (χ0v) is 11.8. The number of carboxylic acid groups (broad SMARTS) is 1. The third kappa shape index (κ3) is 2.62. The quantitative estimate of drug-likeness (QED) is 0.911. The van der Waals surface area contributed by atoms with E-state index in [1.54, 1.807) is 23.9 Å². The van der Waals surface area contributed by atoms with Gasteiger partial charge in [-0.25, -0.2) is 9.78 Å². The van der Waals surface area contributed by atoms with E-state index in [1.807, 2.05) is 24.3 Å². The average Bonchev–Trinajstić information content (AvgIpc) is 2.91. The molecule has 0 radical (unpaired) electrons. The smallest absolute Gasteiger partial charge is 0.356 e. The van der Waals surface area contributed by atoms with E-state index in [9.17, 15) is 9.59 Å². The van der Waals surface area contributed by atoms with Crippen molar-refractivity contribution in [2.24, 2.45) is 0 Å². The van der Waals surface area contributed by atoms with Gasteiger partial charge in [-0.3, -0.25) is 4.79 Å². The zero-order valence-electron chi connectivity index (χ0n) is 10.9. The molecule has 0 aliphatic carbocycles. The summed E-state index contributed by atoms with van der Waals surface area (Å²) in [5, 5.41) is 11.8. The molecule has 2 aromatic rings. The number of pyridine rings is 1. The van der Waals surface area contributed by atoms with Gasteiger partial charge in [0, 0.05) is 16.8 Å². The van der Waals surface area contributed by atoms with Crippen LogP contribution in [0.3, 0.4) is 0 Å². The first-order chi connectivity index (χ1) is 10.2. The molecule has 2 N–H and O–H groups in total. The molecule has 0 fully saturated rings. The molecule has 6 heteroatoms. The number of fused-ring (bicyclic) bond motifs is 1. The summed E-state index contributed by atoms with van der Waals surface area (Å²) in [5.41, 5.74) is 1.06. The van der Waals surface area contributed by atoms with Crippen LogP contribution >= 0.6 is 11.8 Å². The number of carbonyl (C=O) groups is 2. The molecule has 0 bridgehead atoms. The van der Waals surface area contributed by atoms with Gasteiger partial charge in [0.2, 0.25) is 5.91 Å². The monoisotopic (exact) mass is 300 g/mol. The molecule has 0 saturated carbocycles. The summed E-state index contributed by atoms with van der Waals surface area (Å²) in [5.74, 6) is -0.975. The number of hydrogen-bond acceptors (Lipinski definition) is 4. The maximum absolute atomic E-state index is 12.4. The number of aromatic carboxylic acids is 1. The van der Waals surface area contributed by atoms with Crippen molar-refractivity contribution >= 4 is 29.3 Å². The van der Waals surface area contributed by atoms with Crippen molar-refractivity contribution in [2.45, 2.75) is 10.8 Å². The molecule has 1 aliphatic rings. The number of nitrogens with zero attached hydrogens (tertiary/aromatic N) is 1. The van der Waals surface area contributed by atoms with Crippen LogP contribution in [-0.2, 0) is 4.79 Å². The van der Waals surface area contributed by atoms with Crippen LogP contribution in [0.1, 0.15) is 22.0 Å². The maximum atomic E-state index is 12.4. The first-order valence-corrected chi connectivity index (χ1v) is 7.36. The Balaban J connectivity index is 1.84. The Morgan fingerprint density at radius 3 is 2.86 bits per heavy atom. The van der Waals surface area contributed by atoms with Crippen LogP contribution in [0.4, 0.5) is 5.69 Å². The van der Waals surface area contributed by atoms with Crippen LogP contribution in [0, 0.1) is 0 Å². The summed E-state index contributed by atoms with van der Waals surface area (Å²) in [7, 11) is 0. The second-order valence-electron chi connectivity index (χ2n) is 4.60. The van der Waals surface area contributed by atoms with Crippen LogP contribution in [0.2, 0.25) is 0 Å². The minimum absolute atomic E-state index is 0.148. The molecule has 1 aromatic heterocycles. The van der Waals surface area contributed by atoms with E-state index < -0.39 is 5.97 Å². The molecule has 1 aromatic carbocycles. The van der Waals surface area contributed by atoms with Gasteiger partial charge in [-0.05, 0) is 23.8 Å². The van der Waals surface area contributed by atoms with Crippen molar-refractivity contribution in [3.63, 3.8) is 0 Å². The van der Waals surface area contributed by atoms with Crippen molar-refractivity contribution < 1.29 is 14.7 Å². The topological polar surface area (TPSA) is 79.3 Å². The van der Waals surface area contributed by atoms with E-state index in [1.165, 1.54) is 6.20 Å². The van der Waals surface area contributed by atoms with Crippen molar-refractivity contribution in [1.82, 2.24) is 4.98 Å². The predicted octanol–water partition coefficient (Wildman–Crippen LogP) is 2.61. The molecular formula is C15H12N2O3S. The number of aromatic nitrogens is 1. The van der Waals surface area contributed by atoms with E-state index in [-0.39, 0.29) is 23.2 Å². The Kier molecular flexibility index (Phi) is 3.62. The van der Waals surface area contributed by atoms with Crippen molar-refractivity contribution in [2.75, 3.05) is 11.1 Å². The van der Waals surface area contributed by atoms with Crippen LogP contribution in [0.15, 0.2) is 47.5 Å². The van der Waals surface area contributed by atoms with Crippen molar-refractivity contribution in [3.8, 4) is 0 Å². The summed E-state index contributed by atoms with van der Waals surface area (Å²) in [6.07, 6.45) is 1.39. The fourth-order valence-corrected chi connectivity index (χ4v) is 3.51. The molecule has 21 heavy (non-hydrogen) atoms. The Hall–Kier alpha value is -2.34. The second-order valence-corrected chi connectivity index (χ2v) is 5.66. The van der Waals surface area contributed by atoms with Gasteiger partial charge in [0.15, 0.2) is 5.69 Å². The van der Waals surface area contributed by atoms with Crippen molar-refractivity contribution in [1.29, 1.82) is 0 Å². The largest absolute Gasteiger partial charge is 0.476 e. The van der Waals surface area contributed by atoms with Gasteiger partial charge in [0.25, 0.3) is 0 Å². The summed E-state index contributed by atoms with van der Waals surface area (Å²) in [4.78, 5) is 28.4. The van der Waals surface area contributed by atoms with E-state index >= 15 is 0 Å². The van der Waals surface area contributed by atoms with Crippen LogP contribution in [0.25, 0.3) is 0 Å². The second kappa shape index (κ2) is 5.57. The number of hydrogen-bond donors (Lipinski definition) is 2. The molecule has 3 rings (SSSR count). The molecule has 0 saturated heterocycles. The molecule has 1 atom stereocenters. The minimum atomic E-state index is -1.16. The van der Waals surface area contributed by atoms with Gasteiger partial charge < -0.3 is 10.4 Å². The standard InChI is InChI=1S/C15H12N2O3S/c18-14(10-8-21-12-6-2-1-4-9(10)12)17-11-5-3-7-16-13(11)15(19)20/h1-7,10H,8H2,(H,17,18)(H,19,20). The van der Waals surface area contributed by atoms with E-state index in [0.717, 1.165) is 10.5 Å². The number of nitrogens with one attached hydrogen (secondary N) is 1. The molecule has 1 unspecified atom stereocenters. The number of carbonyl (C=O) groups excluding carboxylic acids is 1. The third-order valence-electron chi connectivity index (χ3n) is 3.28. The molecular weight excluding hydrogens is 288 g/mol. The highest BCUT2D eigenvalue weighted by Crippen LogP contribution is 2.39. The number of rotatable bonds is 3. The summed E-state index contributed by atoms with van der Waals surface area (Å²) < 4.78 is 0. The SMILES string of the molecule is O=C(O)c1ncccc1NC(=O)C1CSc2ccccc21. The van der Waals surface area contributed by atoms with Gasteiger partial charge >= 0.3 is 5.97 Å². The maximum Gasteiger partial charge on any atom is 0.356 e. The fraction of sp³-hybridized carbons (Fsp3) is 0.133. The van der Waals surface area contributed by atoms with Gasteiger partial charge in [-0.15, -0.1) is 11.8 Å². The van der Waals surface area contributed by atoms with Crippen molar-refractivity contribution in [3.05, 3.63) is 53.9 Å². The minimum Gasteiger partial charge on any atom is -0.476 e. The first-order valence-electron chi connectivity index (χ1n) is 6.37. The normalized spacial score (nSPS) is 16.3. The van der Waals surface area contributed by atoms with Crippen LogP contribution in [0.5, 0.6) is 0 Å². The number of amides is 1. The summed E-state index contributed by atoms with van der Waals surface area (Å²) in [6.45, 7) is 0. The Labute approximate surface area is 125 Å². The molecule has 2 heterocycles. The molecule has 1 aliphatic heterocycles. The van der Waals surface area contributed by atoms with Gasteiger partial charge in [-0.2, -0.15) is 0 Å². The highest BCUT2D eigenvalue weighted by Gasteiger charge is 2.29. The molecule has 5 nitrogen and oxygen atoms in total. The summed E-state index contributed by atoms with van der Waals surface area (Å²) >= 11 is 1.63. The lowest BCUT2D eigenvalue weighted by Gasteiger charge is -2.12. The zero-order chi connectivity index (χ0) is 14.8. The fourth-order valence-electron chi connectivity index (χ4n) is 2.28. The lowest BCUT2D eigenvalue weighted by Crippen LogP contribution is -2.22. The number of thioether (sulfide) groups is 1. The lowest BCUT2D eigenvalue weighted by atomic mass is 10.0. The number of benzene rings is 1.